The molecule has 154 valence electrons. The molecule has 2 heterocycles. The second-order valence-electron chi connectivity index (χ2n) is 8.56. The SMILES string of the molecule is C[C@@H](OC(=O)c1c2c(nc3ccccc13)CCCC2)C(=O)N1[C@@H](C)CCC[C@@H]1C. The van der Waals surface area contributed by atoms with Gasteiger partial charge in [-0.2, -0.15) is 0 Å². The van der Waals surface area contributed by atoms with Gasteiger partial charge in [0.15, 0.2) is 6.10 Å². The van der Waals surface area contributed by atoms with Crippen LogP contribution in [0.5, 0.6) is 0 Å². The van der Waals surface area contributed by atoms with E-state index in [1.54, 1.807) is 6.92 Å². The molecular weight excluding hydrogens is 364 g/mol. The first-order valence-corrected chi connectivity index (χ1v) is 10.9. The van der Waals surface area contributed by atoms with Gasteiger partial charge in [-0.15, -0.1) is 0 Å². The van der Waals surface area contributed by atoms with Crippen molar-refractivity contribution in [3.05, 3.63) is 41.1 Å². The van der Waals surface area contributed by atoms with Crippen molar-refractivity contribution in [2.24, 2.45) is 0 Å². The Morgan fingerprint density at radius 3 is 2.52 bits per heavy atom. The number of esters is 1. The molecule has 4 rings (SSSR count). The summed E-state index contributed by atoms with van der Waals surface area (Å²) in [5.74, 6) is -0.495. The predicted molar refractivity (Wildman–Crippen MR) is 113 cm³/mol. The van der Waals surface area contributed by atoms with E-state index in [0.717, 1.165) is 67.1 Å². The van der Waals surface area contributed by atoms with E-state index in [9.17, 15) is 9.59 Å². The molecule has 2 aliphatic rings. The number of hydrogen-bond donors (Lipinski definition) is 0. The minimum Gasteiger partial charge on any atom is -0.449 e. The number of carbonyl (C=O) groups excluding carboxylic acids is 2. The number of rotatable bonds is 3. The van der Waals surface area contributed by atoms with Crippen LogP contribution in [-0.4, -0.2) is 39.9 Å². The standard InChI is InChI=1S/C24H30N2O3/c1-15-9-8-10-16(2)26(15)23(27)17(3)29-24(28)22-18-11-4-6-13-20(18)25-21-14-7-5-12-19(21)22/h4,6,11,13,15-17H,5,7-10,12,14H2,1-3H3/t15-,16-,17+/m0/s1. The molecule has 0 unspecified atom stereocenters. The van der Waals surface area contributed by atoms with E-state index < -0.39 is 12.1 Å². The Morgan fingerprint density at radius 2 is 1.76 bits per heavy atom. The molecule has 1 amide bonds. The van der Waals surface area contributed by atoms with E-state index in [-0.39, 0.29) is 18.0 Å². The Balaban J connectivity index is 1.63. The minimum atomic E-state index is -0.795. The van der Waals surface area contributed by atoms with Gasteiger partial charge >= 0.3 is 5.97 Å². The summed E-state index contributed by atoms with van der Waals surface area (Å²) < 4.78 is 5.76. The third kappa shape index (κ3) is 3.75. The molecule has 0 radical (unpaired) electrons. The highest BCUT2D eigenvalue weighted by Gasteiger charge is 2.34. The molecule has 1 aliphatic heterocycles. The minimum absolute atomic E-state index is 0.0923. The molecule has 1 saturated heterocycles. The van der Waals surface area contributed by atoms with Crippen molar-refractivity contribution in [1.82, 2.24) is 9.88 Å². The maximum atomic E-state index is 13.3. The summed E-state index contributed by atoms with van der Waals surface area (Å²) in [5, 5.41) is 0.817. The van der Waals surface area contributed by atoms with Gasteiger partial charge in [0.05, 0.1) is 11.1 Å². The number of pyridine rings is 1. The molecule has 1 aromatic carbocycles. The van der Waals surface area contributed by atoms with Gasteiger partial charge in [0.2, 0.25) is 0 Å². The van der Waals surface area contributed by atoms with Crippen molar-refractivity contribution < 1.29 is 14.3 Å². The van der Waals surface area contributed by atoms with Crippen LogP contribution in [-0.2, 0) is 22.4 Å². The average molecular weight is 395 g/mol. The van der Waals surface area contributed by atoms with Gasteiger partial charge in [-0.3, -0.25) is 9.78 Å². The van der Waals surface area contributed by atoms with Crippen molar-refractivity contribution in [2.75, 3.05) is 0 Å². The van der Waals surface area contributed by atoms with Crippen molar-refractivity contribution in [3.8, 4) is 0 Å². The van der Waals surface area contributed by atoms with Crippen LogP contribution in [0.4, 0.5) is 0 Å². The summed E-state index contributed by atoms with van der Waals surface area (Å²) in [6.45, 7) is 5.85. The molecule has 2 aromatic rings. The van der Waals surface area contributed by atoms with E-state index in [1.165, 1.54) is 0 Å². The number of carbonyl (C=O) groups is 2. The fraction of sp³-hybridized carbons (Fsp3) is 0.542. The maximum absolute atomic E-state index is 13.3. The number of para-hydroxylation sites is 1. The van der Waals surface area contributed by atoms with Crippen molar-refractivity contribution in [3.63, 3.8) is 0 Å². The van der Waals surface area contributed by atoms with E-state index in [2.05, 4.69) is 13.8 Å². The normalized spacial score (nSPS) is 22.8. The number of benzene rings is 1. The lowest BCUT2D eigenvalue weighted by atomic mass is 9.90. The molecule has 29 heavy (non-hydrogen) atoms. The molecule has 5 heteroatoms. The number of aromatic nitrogens is 1. The molecular formula is C24H30N2O3. The Kier molecular flexibility index (Phi) is 5.57. The summed E-state index contributed by atoms with van der Waals surface area (Å²) >= 11 is 0. The summed E-state index contributed by atoms with van der Waals surface area (Å²) in [6, 6.07) is 8.08. The number of likely N-dealkylation sites (tertiary alicyclic amines) is 1. The highest BCUT2D eigenvalue weighted by Crippen LogP contribution is 2.30. The smallest absolute Gasteiger partial charge is 0.339 e. The third-order valence-corrected chi connectivity index (χ3v) is 6.45. The Bertz CT molecular complexity index is 929. The number of fused-ring (bicyclic) bond motifs is 2. The van der Waals surface area contributed by atoms with Crippen LogP contribution in [0.3, 0.4) is 0 Å². The molecule has 5 nitrogen and oxygen atoms in total. The summed E-state index contributed by atoms with van der Waals surface area (Å²) in [7, 11) is 0. The number of aryl methyl sites for hydroxylation is 1. The van der Waals surface area contributed by atoms with Crippen LogP contribution >= 0.6 is 0 Å². The molecule has 1 aromatic heterocycles. The van der Waals surface area contributed by atoms with Crippen molar-refractivity contribution >= 4 is 22.8 Å². The topological polar surface area (TPSA) is 59.5 Å². The molecule has 0 saturated carbocycles. The van der Waals surface area contributed by atoms with E-state index in [1.807, 2.05) is 29.2 Å². The molecule has 0 bridgehead atoms. The lowest BCUT2D eigenvalue weighted by molar-refractivity contribution is -0.146. The maximum Gasteiger partial charge on any atom is 0.339 e. The lowest BCUT2D eigenvalue weighted by Gasteiger charge is -2.40. The fourth-order valence-corrected chi connectivity index (χ4v) is 4.94. The average Bonchev–Trinajstić information content (AvgIpc) is 2.71. The quantitative estimate of drug-likeness (QED) is 0.722. The van der Waals surface area contributed by atoms with Gasteiger partial charge in [0.1, 0.15) is 0 Å². The summed E-state index contributed by atoms with van der Waals surface area (Å²) in [4.78, 5) is 33.0. The molecule has 1 aliphatic carbocycles. The second kappa shape index (κ2) is 8.13. The number of ether oxygens (including phenoxy) is 1. The monoisotopic (exact) mass is 394 g/mol. The largest absolute Gasteiger partial charge is 0.449 e. The van der Waals surface area contributed by atoms with Crippen LogP contribution in [0, 0.1) is 0 Å². The van der Waals surface area contributed by atoms with Crippen molar-refractivity contribution in [1.29, 1.82) is 0 Å². The van der Waals surface area contributed by atoms with E-state index in [4.69, 9.17) is 9.72 Å². The number of piperidine rings is 1. The molecule has 3 atom stereocenters. The first-order valence-electron chi connectivity index (χ1n) is 10.9. The Hall–Kier alpha value is -2.43. The predicted octanol–water partition coefficient (Wildman–Crippen LogP) is 4.45. The number of amides is 1. The zero-order valence-electron chi connectivity index (χ0n) is 17.6. The van der Waals surface area contributed by atoms with Gasteiger partial charge in [0, 0.05) is 23.2 Å². The van der Waals surface area contributed by atoms with Crippen LogP contribution in [0.25, 0.3) is 10.9 Å². The molecule has 0 spiro atoms. The molecule has 1 fully saturated rings. The fourth-order valence-electron chi connectivity index (χ4n) is 4.94. The van der Waals surface area contributed by atoms with Crippen LogP contribution in [0.15, 0.2) is 24.3 Å². The highest BCUT2D eigenvalue weighted by atomic mass is 16.5. The van der Waals surface area contributed by atoms with Crippen LogP contribution in [0.2, 0.25) is 0 Å². The van der Waals surface area contributed by atoms with Crippen LogP contribution in [0.1, 0.15) is 74.5 Å². The van der Waals surface area contributed by atoms with Gasteiger partial charge in [-0.05, 0) is 77.3 Å². The zero-order valence-corrected chi connectivity index (χ0v) is 17.6. The van der Waals surface area contributed by atoms with E-state index >= 15 is 0 Å². The Labute approximate surface area is 172 Å². The first-order chi connectivity index (χ1) is 14.0. The highest BCUT2D eigenvalue weighted by molar-refractivity contribution is 6.05. The zero-order chi connectivity index (χ0) is 20.5. The summed E-state index contributed by atoms with van der Waals surface area (Å²) in [5.41, 5.74) is 3.42. The Morgan fingerprint density at radius 1 is 1.07 bits per heavy atom. The van der Waals surface area contributed by atoms with Gasteiger partial charge in [0.25, 0.3) is 5.91 Å². The summed E-state index contributed by atoms with van der Waals surface area (Å²) in [6.07, 6.45) is 6.19. The van der Waals surface area contributed by atoms with Gasteiger partial charge in [-0.1, -0.05) is 18.2 Å². The van der Waals surface area contributed by atoms with Crippen LogP contribution < -0.4 is 0 Å². The molecule has 0 N–H and O–H groups in total. The van der Waals surface area contributed by atoms with Crippen molar-refractivity contribution in [2.45, 2.75) is 83.9 Å². The third-order valence-electron chi connectivity index (χ3n) is 6.45. The first kappa shape index (κ1) is 19.9. The van der Waals surface area contributed by atoms with Gasteiger partial charge < -0.3 is 9.64 Å². The lowest BCUT2D eigenvalue weighted by Crippen LogP contribution is -2.51. The number of nitrogens with zero attached hydrogens (tertiary/aromatic N) is 2. The number of hydrogen-bond acceptors (Lipinski definition) is 4. The van der Waals surface area contributed by atoms with E-state index in [0.29, 0.717) is 5.56 Å². The second-order valence-corrected chi connectivity index (χ2v) is 8.56. The van der Waals surface area contributed by atoms with Gasteiger partial charge in [-0.25, -0.2) is 4.79 Å².